The van der Waals surface area contributed by atoms with Crippen molar-refractivity contribution in [3.63, 3.8) is 0 Å². The van der Waals surface area contributed by atoms with E-state index < -0.39 is 0 Å². The molecule has 1 heterocycles. The second-order valence-electron chi connectivity index (χ2n) is 5.38. The maximum absolute atomic E-state index is 3.37. The summed E-state index contributed by atoms with van der Waals surface area (Å²) in [5.41, 5.74) is 9.15. The summed E-state index contributed by atoms with van der Waals surface area (Å²) < 4.78 is 0. The summed E-state index contributed by atoms with van der Waals surface area (Å²) >= 11 is 0. The molecule has 0 aliphatic carbocycles. The fourth-order valence-electron chi connectivity index (χ4n) is 2.04. The van der Waals surface area contributed by atoms with E-state index >= 15 is 0 Å². The van der Waals surface area contributed by atoms with Gasteiger partial charge in [-0.1, -0.05) is 42.5 Å². The van der Waals surface area contributed by atoms with E-state index in [1.54, 1.807) is 0 Å². The van der Waals surface area contributed by atoms with Gasteiger partial charge in [0.15, 0.2) is 0 Å². The van der Waals surface area contributed by atoms with Crippen molar-refractivity contribution in [2.24, 2.45) is 0 Å². The highest BCUT2D eigenvalue weighted by atomic mass is 16.0. The summed E-state index contributed by atoms with van der Waals surface area (Å²) in [5, 5.41) is 4.04. The number of benzene rings is 1. The summed E-state index contributed by atoms with van der Waals surface area (Å²) in [4.78, 5) is 0. The molecule has 4 heteroatoms. The third kappa shape index (κ3) is 3.70. The summed E-state index contributed by atoms with van der Waals surface area (Å²) in [6.45, 7) is 6.27. The molecule has 1 fully saturated rings. The number of hydrazine groups is 3. The predicted molar refractivity (Wildman–Crippen MR) is 83.0 cm³/mol. The van der Waals surface area contributed by atoms with Crippen LogP contribution in [-0.4, -0.2) is 22.8 Å². The highest BCUT2D eigenvalue weighted by Crippen LogP contribution is 2.26. The molecule has 0 spiro atoms. The molecule has 2 atom stereocenters. The molecule has 1 aliphatic rings. The third-order valence-electron chi connectivity index (χ3n) is 3.50. The van der Waals surface area contributed by atoms with Crippen molar-refractivity contribution >= 4 is 0 Å². The van der Waals surface area contributed by atoms with Gasteiger partial charge < -0.3 is 5.01 Å². The number of nitrogens with one attached hydrogen (secondary N) is 2. The molecule has 1 aromatic carbocycles. The minimum absolute atomic E-state index is 0.0313. The fourth-order valence-corrected chi connectivity index (χ4v) is 2.04. The molecule has 108 valence electrons. The van der Waals surface area contributed by atoms with Crippen LogP contribution in [0.4, 0.5) is 0 Å². The van der Waals surface area contributed by atoms with Crippen LogP contribution in [0.15, 0.2) is 54.3 Å². The van der Waals surface area contributed by atoms with Crippen LogP contribution in [0.5, 0.6) is 0 Å². The molecular formula is C16H24N4. The van der Waals surface area contributed by atoms with Crippen LogP contribution in [0.1, 0.15) is 26.3 Å². The number of hydrogen-bond acceptors (Lipinski definition) is 4. The highest BCUT2D eigenvalue weighted by Gasteiger charge is 2.48. The molecule has 2 N–H and O–H groups in total. The monoisotopic (exact) mass is 272 g/mol. The first-order chi connectivity index (χ1) is 9.55. The molecule has 0 radical (unpaired) electrons. The molecule has 0 amide bonds. The van der Waals surface area contributed by atoms with E-state index in [9.17, 15) is 0 Å². The zero-order valence-corrected chi connectivity index (χ0v) is 12.7. The quantitative estimate of drug-likeness (QED) is 0.474. The first-order valence-corrected chi connectivity index (χ1v) is 6.97. The van der Waals surface area contributed by atoms with Gasteiger partial charge in [0.2, 0.25) is 0 Å². The van der Waals surface area contributed by atoms with Gasteiger partial charge >= 0.3 is 0 Å². The summed E-state index contributed by atoms with van der Waals surface area (Å²) in [6.07, 6.45) is 7.09. The lowest BCUT2D eigenvalue weighted by molar-refractivity contribution is 0.135. The van der Waals surface area contributed by atoms with Crippen LogP contribution in [-0.2, 0) is 6.42 Å². The summed E-state index contributed by atoms with van der Waals surface area (Å²) in [5.74, 6) is 0. The van der Waals surface area contributed by atoms with Crippen molar-refractivity contribution < 1.29 is 0 Å². The Labute approximate surface area is 121 Å². The Balaban J connectivity index is 1.88. The Morgan fingerprint density at radius 1 is 1.40 bits per heavy atom. The van der Waals surface area contributed by atoms with E-state index in [1.807, 2.05) is 42.3 Å². The maximum Gasteiger partial charge on any atom is 0.117 e. The molecule has 0 saturated carbocycles. The van der Waals surface area contributed by atoms with Gasteiger partial charge in [-0.05, 0) is 32.4 Å². The van der Waals surface area contributed by atoms with Crippen LogP contribution in [0.25, 0.3) is 0 Å². The van der Waals surface area contributed by atoms with Crippen LogP contribution < -0.4 is 11.0 Å². The van der Waals surface area contributed by atoms with E-state index in [2.05, 4.69) is 55.1 Å². The van der Waals surface area contributed by atoms with Gasteiger partial charge in [0.25, 0.3) is 0 Å². The molecule has 4 nitrogen and oxygen atoms in total. The molecule has 0 aromatic heterocycles. The van der Waals surface area contributed by atoms with Crippen LogP contribution >= 0.6 is 0 Å². The first-order valence-electron chi connectivity index (χ1n) is 6.97. The van der Waals surface area contributed by atoms with Crippen molar-refractivity contribution in [2.45, 2.75) is 32.9 Å². The molecule has 1 saturated heterocycles. The van der Waals surface area contributed by atoms with Crippen molar-refractivity contribution in [2.75, 3.05) is 7.05 Å². The van der Waals surface area contributed by atoms with Gasteiger partial charge in [0.1, 0.15) is 5.66 Å². The van der Waals surface area contributed by atoms with Crippen LogP contribution in [0.2, 0.25) is 0 Å². The minimum Gasteiger partial charge on any atom is -0.301 e. The maximum atomic E-state index is 3.37. The molecule has 20 heavy (non-hydrogen) atoms. The van der Waals surface area contributed by atoms with E-state index in [4.69, 9.17) is 0 Å². The lowest BCUT2D eigenvalue weighted by Crippen LogP contribution is -2.41. The molecular weight excluding hydrogens is 248 g/mol. The van der Waals surface area contributed by atoms with Crippen molar-refractivity contribution in [1.82, 2.24) is 21.1 Å². The predicted octanol–water partition coefficient (Wildman–Crippen LogP) is 2.60. The van der Waals surface area contributed by atoms with E-state index in [0.717, 1.165) is 12.1 Å². The minimum atomic E-state index is -0.0313. The number of hydrogen-bond donors (Lipinski definition) is 2. The second kappa shape index (κ2) is 6.22. The Kier molecular flexibility index (Phi) is 4.60. The first kappa shape index (κ1) is 14.8. The Morgan fingerprint density at radius 2 is 2.10 bits per heavy atom. The topological polar surface area (TPSA) is 40.2 Å². The molecule has 2 unspecified atom stereocenters. The number of rotatable bonds is 6. The smallest absolute Gasteiger partial charge is 0.117 e. The zero-order valence-electron chi connectivity index (χ0n) is 12.7. The van der Waals surface area contributed by atoms with Gasteiger partial charge in [-0.15, -0.1) is 5.12 Å². The average Bonchev–Trinajstić information content (AvgIpc) is 3.06. The summed E-state index contributed by atoms with van der Waals surface area (Å²) in [7, 11) is 2.01. The lowest BCUT2D eigenvalue weighted by Gasteiger charge is -2.22. The van der Waals surface area contributed by atoms with Crippen LogP contribution in [0.3, 0.4) is 0 Å². The second-order valence-corrected chi connectivity index (χ2v) is 5.38. The SMILES string of the molecule is C/C=C\C=C(/C)N(C)NN1NC1(C)Cc1ccccc1. The van der Waals surface area contributed by atoms with Gasteiger partial charge in [0.05, 0.1) is 0 Å². The molecule has 0 bridgehead atoms. The van der Waals surface area contributed by atoms with E-state index in [0.29, 0.717) is 0 Å². The van der Waals surface area contributed by atoms with Gasteiger partial charge in [-0.2, -0.15) is 5.53 Å². The third-order valence-corrected chi connectivity index (χ3v) is 3.50. The van der Waals surface area contributed by atoms with Crippen molar-refractivity contribution in [3.8, 4) is 0 Å². The van der Waals surface area contributed by atoms with Gasteiger partial charge in [0, 0.05) is 19.2 Å². The Hall–Kier alpha value is -1.62. The van der Waals surface area contributed by atoms with Gasteiger partial charge in [-0.25, -0.2) is 5.43 Å². The largest absolute Gasteiger partial charge is 0.301 e. The zero-order chi connectivity index (χ0) is 14.6. The molecule has 1 aromatic rings. The van der Waals surface area contributed by atoms with Gasteiger partial charge in [-0.3, -0.25) is 0 Å². The standard InChI is InChI=1S/C16H24N4/c1-5-6-10-14(2)19(4)18-20-16(3,17-20)13-15-11-8-7-9-12-15/h5-12,17-18H,13H2,1-4H3/b6-5-,14-10+. The number of nitrogens with zero attached hydrogens (tertiary/aromatic N) is 2. The molecule has 1 aliphatic heterocycles. The van der Waals surface area contributed by atoms with Crippen molar-refractivity contribution in [3.05, 3.63) is 59.8 Å². The Bertz CT molecular complexity index is 494. The summed E-state index contributed by atoms with van der Waals surface area (Å²) in [6, 6.07) is 10.5. The normalized spacial score (nSPS) is 26.0. The fraction of sp³-hybridized carbons (Fsp3) is 0.375. The Morgan fingerprint density at radius 3 is 2.75 bits per heavy atom. The van der Waals surface area contributed by atoms with Crippen LogP contribution in [0, 0.1) is 0 Å². The number of allylic oxidation sites excluding steroid dienone is 4. The molecule has 2 rings (SSSR count). The van der Waals surface area contributed by atoms with E-state index in [-0.39, 0.29) is 5.66 Å². The average molecular weight is 272 g/mol. The highest BCUT2D eigenvalue weighted by molar-refractivity contribution is 5.19. The van der Waals surface area contributed by atoms with Crippen molar-refractivity contribution in [1.29, 1.82) is 0 Å². The lowest BCUT2D eigenvalue weighted by atomic mass is 10.1. The van der Waals surface area contributed by atoms with E-state index in [1.165, 1.54) is 5.56 Å².